The van der Waals surface area contributed by atoms with Gasteiger partial charge in [0, 0.05) is 6.42 Å². The summed E-state index contributed by atoms with van der Waals surface area (Å²) in [6.07, 6.45) is 14.7. The molecule has 0 aromatic rings. The predicted molar refractivity (Wildman–Crippen MR) is 75.5 cm³/mol. The molecule has 2 nitrogen and oxygen atoms in total. The largest absolute Gasteiger partial charge is 0.466 e. The van der Waals surface area contributed by atoms with E-state index in [4.69, 9.17) is 4.74 Å². The van der Waals surface area contributed by atoms with Crippen molar-refractivity contribution in [2.45, 2.75) is 84.0 Å². The first-order valence-electron chi connectivity index (χ1n) is 7.94. The van der Waals surface area contributed by atoms with E-state index in [0.717, 1.165) is 12.8 Å². The average molecular weight is 254 g/mol. The van der Waals surface area contributed by atoms with Gasteiger partial charge in [0.1, 0.15) is 0 Å². The molecule has 0 saturated carbocycles. The molecule has 0 spiro atoms. The van der Waals surface area contributed by atoms with E-state index in [-0.39, 0.29) is 5.97 Å². The molecule has 1 heterocycles. The van der Waals surface area contributed by atoms with Crippen molar-refractivity contribution in [3.05, 3.63) is 0 Å². The van der Waals surface area contributed by atoms with Crippen molar-refractivity contribution in [3.8, 4) is 0 Å². The first kappa shape index (κ1) is 15.5. The van der Waals surface area contributed by atoms with Gasteiger partial charge in [-0.25, -0.2) is 0 Å². The molecule has 106 valence electrons. The molecular formula is C16H30O2. The van der Waals surface area contributed by atoms with E-state index in [0.29, 0.717) is 18.9 Å². The summed E-state index contributed by atoms with van der Waals surface area (Å²) >= 11 is 0. The zero-order chi connectivity index (χ0) is 13.1. The molecule has 1 saturated heterocycles. The van der Waals surface area contributed by atoms with Crippen molar-refractivity contribution >= 4 is 5.97 Å². The molecule has 1 unspecified atom stereocenters. The molecule has 0 aromatic heterocycles. The Labute approximate surface area is 112 Å². The van der Waals surface area contributed by atoms with E-state index in [1.165, 1.54) is 57.8 Å². The molecule has 0 N–H and O–H groups in total. The molecule has 0 amide bonds. The Morgan fingerprint density at radius 3 is 2.06 bits per heavy atom. The van der Waals surface area contributed by atoms with Gasteiger partial charge in [0.2, 0.25) is 0 Å². The highest BCUT2D eigenvalue weighted by Gasteiger charge is 2.08. The summed E-state index contributed by atoms with van der Waals surface area (Å²) in [5.41, 5.74) is 0. The number of hydrogen-bond acceptors (Lipinski definition) is 2. The van der Waals surface area contributed by atoms with Gasteiger partial charge >= 0.3 is 5.97 Å². The fraction of sp³-hybridized carbons (Fsp3) is 0.938. The molecule has 2 heteroatoms. The molecule has 1 rings (SSSR count). The van der Waals surface area contributed by atoms with Gasteiger partial charge < -0.3 is 4.74 Å². The van der Waals surface area contributed by atoms with E-state index in [9.17, 15) is 4.79 Å². The minimum atomic E-state index is 0.00828. The van der Waals surface area contributed by atoms with Gasteiger partial charge in [0.05, 0.1) is 6.61 Å². The van der Waals surface area contributed by atoms with E-state index in [1.54, 1.807) is 0 Å². The first-order chi connectivity index (χ1) is 8.79. The lowest BCUT2D eigenvalue weighted by Crippen LogP contribution is -2.08. The Kier molecular flexibility index (Phi) is 8.97. The Morgan fingerprint density at radius 1 is 0.833 bits per heavy atom. The molecule has 1 atom stereocenters. The monoisotopic (exact) mass is 254 g/mol. The highest BCUT2D eigenvalue weighted by atomic mass is 16.5. The standard InChI is InChI=1S/C16H30O2/c1-15-11-9-7-5-3-2-4-6-8-10-14-18-16(17)13-12-15/h15H,2-14H2,1H3. The fourth-order valence-corrected chi connectivity index (χ4v) is 2.60. The Morgan fingerprint density at radius 2 is 1.39 bits per heavy atom. The van der Waals surface area contributed by atoms with Crippen molar-refractivity contribution in [1.82, 2.24) is 0 Å². The van der Waals surface area contributed by atoms with Crippen LogP contribution in [0.25, 0.3) is 0 Å². The number of rotatable bonds is 0. The maximum atomic E-state index is 11.5. The number of carbonyl (C=O) groups excluding carboxylic acids is 1. The van der Waals surface area contributed by atoms with Crippen molar-refractivity contribution < 1.29 is 9.53 Å². The minimum Gasteiger partial charge on any atom is -0.466 e. The van der Waals surface area contributed by atoms with E-state index in [1.807, 2.05) is 0 Å². The Bertz CT molecular complexity index is 213. The van der Waals surface area contributed by atoms with Gasteiger partial charge in [-0.1, -0.05) is 64.7 Å². The van der Waals surface area contributed by atoms with Gasteiger partial charge in [-0.3, -0.25) is 4.79 Å². The van der Waals surface area contributed by atoms with Gasteiger partial charge in [0.15, 0.2) is 0 Å². The van der Waals surface area contributed by atoms with Crippen LogP contribution in [0.2, 0.25) is 0 Å². The zero-order valence-corrected chi connectivity index (χ0v) is 12.1. The average Bonchev–Trinajstić information content (AvgIpc) is 2.36. The molecule has 1 aliphatic rings. The second kappa shape index (κ2) is 10.4. The summed E-state index contributed by atoms with van der Waals surface area (Å²) < 4.78 is 5.25. The van der Waals surface area contributed by atoms with Crippen LogP contribution < -0.4 is 0 Å². The van der Waals surface area contributed by atoms with Crippen molar-refractivity contribution in [3.63, 3.8) is 0 Å². The Balaban J connectivity index is 2.21. The van der Waals surface area contributed by atoms with Crippen LogP contribution in [0.4, 0.5) is 0 Å². The van der Waals surface area contributed by atoms with Crippen LogP contribution in [0.1, 0.15) is 84.0 Å². The van der Waals surface area contributed by atoms with Gasteiger partial charge in [-0.2, -0.15) is 0 Å². The summed E-state index contributed by atoms with van der Waals surface area (Å²) in [4.78, 5) is 11.5. The number of carbonyl (C=O) groups is 1. The number of esters is 1. The third kappa shape index (κ3) is 8.54. The Hall–Kier alpha value is -0.530. The minimum absolute atomic E-state index is 0.00828. The molecule has 0 aliphatic carbocycles. The summed E-state index contributed by atoms with van der Waals surface area (Å²) in [6, 6.07) is 0. The van der Waals surface area contributed by atoms with Crippen LogP contribution in [0.5, 0.6) is 0 Å². The second-order valence-electron chi connectivity index (χ2n) is 5.83. The second-order valence-corrected chi connectivity index (χ2v) is 5.83. The lowest BCUT2D eigenvalue weighted by Gasteiger charge is -2.11. The molecule has 1 fully saturated rings. The van der Waals surface area contributed by atoms with Crippen LogP contribution in [0.3, 0.4) is 0 Å². The highest BCUT2D eigenvalue weighted by Crippen LogP contribution is 2.17. The van der Waals surface area contributed by atoms with Gasteiger partial charge in [-0.05, 0) is 18.8 Å². The molecular weight excluding hydrogens is 224 g/mol. The molecule has 0 radical (unpaired) electrons. The van der Waals surface area contributed by atoms with E-state index < -0.39 is 0 Å². The normalized spacial score (nSPS) is 26.5. The lowest BCUT2D eigenvalue weighted by molar-refractivity contribution is -0.144. The first-order valence-corrected chi connectivity index (χ1v) is 7.94. The predicted octanol–water partition coefficient (Wildman–Crippen LogP) is 4.86. The molecule has 1 aliphatic heterocycles. The maximum Gasteiger partial charge on any atom is 0.305 e. The van der Waals surface area contributed by atoms with Crippen molar-refractivity contribution in [2.24, 2.45) is 5.92 Å². The topological polar surface area (TPSA) is 26.3 Å². The van der Waals surface area contributed by atoms with Crippen LogP contribution in [-0.4, -0.2) is 12.6 Å². The third-order valence-electron chi connectivity index (χ3n) is 3.95. The quantitative estimate of drug-likeness (QED) is 0.577. The highest BCUT2D eigenvalue weighted by molar-refractivity contribution is 5.69. The van der Waals surface area contributed by atoms with E-state index >= 15 is 0 Å². The summed E-state index contributed by atoms with van der Waals surface area (Å²) in [5, 5.41) is 0. The zero-order valence-electron chi connectivity index (χ0n) is 12.1. The SMILES string of the molecule is CC1CCCCCCCCCCCOC(=O)CC1. The van der Waals surface area contributed by atoms with Gasteiger partial charge in [0.25, 0.3) is 0 Å². The smallest absolute Gasteiger partial charge is 0.305 e. The lowest BCUT2D eigenvalue weighted by atomic mass is 9.97. The summed E-state index contributed by atoms with van der Waals surface area (Å²) in [7, 11) is 0. The molecule has 0 aromatic carbocycles. The number of ether oxygens (including phenoxy) is 1. The van der Waals surface area contributed by atoms with Crippen molar-refractivity contribution in [2.75, 3.05) is 6.61 Å². The van der Waals surface area contributed by atoms with Crippen LogP contribution in [0, 0.1) is 5.92 Å². The van der Waals surface area contributed by atoms with Crippen molar-refractivity contribution in [1.29, 1.82) is 0 Å². The van der Waals surface area contributed by atoms with Crippen LogP contribution in [0.15, 0.2) is 0 Å². The summed E-state index contributed by atoms with van der Waals surface area (Å²) in [5.74, 6) is 0.680. The van der Waals surface area contributed by atoms with E-state index in [2.05, 4.69) is 6.92 Å². The van der Waals surface area contributed by atoms with Crippen LogP contribution >= 0.6 is 0 Å². The van der Waals surface area contributed by atoms with Crippen LogP contribution in [-0.2, 0) is 9.53 Å². The number of hydrogen-bond donors (Lipinski definition) is 0. The third-order valence-corrected chi connectivity index (χ3v) is 3.95. The fourth-order valence-electron chi connectivity index (χ4n) is 2.60. The maximum absolute atomic E-state index is 11.5. The summed E-state index contributed by atoms with van der Waals surface area (Å²) in [6.45, 7) is 2.89. The molecule has 18 heavy (non-hydrogen) atoms. The molecule has 0 bridgehead atoms. The van der Waals surface area contributed by atoms with Gasteiger partial charge in [-0.15, -0.1) is 0 Å². The number of cyclic esters (lactones) is 1.